The van der Waals surface area contributed by atoms with Crippen molar-refractivity contribution in [1.82, 2.24) is 0 Å². The number of rotatable bonds is 6. The fourth-order valence-electron chi connectivity index (χ4n) is 3.47. The summed E-state index contributed by atoms with van der Waals surface area (Å²) < 4.78 is 29.3. The summed E-state index contributed by atoms with van der Waals surface area (Å²) in [6.07, 6.45) is 1.99. The Morgan fingerprint density at radius 3 is 2.48 bits per heavy atom. The van der Waals surface area contributed by atoms with Gasteiger partial charge in [-0.05, 0) is 54.3 Å². The Bertz CT molecular complexity index is 1250. The summed E-state index contributed by atoms with van der Waals surface area (Å²) in [5.74, 6) is -0.445. The van der Waals surface area contributed by atoms with Crippen LogP contribution in [0.4, 0.5) is 4.39 Å². The molecule has 2 N–H and O–H groups in total. The largest absolute Gasteiger partial charge is 0.482 e. The van der Waals surface area contributed by atoms with Crippen LogP contribution in [0.1, 0.15) is 17.0 Å². The van der Waals surface area contributed by atoms with Crippen LogP contribution in [0.2, 0.25) is 0 Å². The molecule has 0 saturated heterocycles. The minimum atomic E-state index is -0.638. The molecule has 0 bridgehead atoms. The summed E-state index contributed by atoms with van der Waals surface area (Å²) in [6.45, 7) is -0.353. The highest BCUT2D eigenvalue weighted by atomic mass is 32.2. The van der Waals surface area contributed by atoms with Crippen LogP contribution in [0.15, 0.2) is 83.1 Å². The van der Waals surface area contributed by atoms with Crippen molar-refractivity contribution in [1.29, 1.82) is 5.26 Å². The number of hydrogen-bond donors (Lipinski definition) is 1. The van der Waals surface area contributed by atoms with Crippen LogP contribution in [-0.2, 0) is 4.79 Å². The van der Waals surface area contributed by atoms with Crippen LogP contribution in [-0.4, -0.2) is 18.8 Å². The molecule has 0 fully saturated rings. The van der Waals surface area contributed by atoms with E-state index in [0.29, 0.717) is 17.1 Å². The molecule has 3 aromatic carbocycles. The fraction of sp³-hybridized carbons (Fsp3) is 0.120. The SMILES string of the molecule is CSc1ccc(C2C(C#N)=C(N)Oc3cc(OC(=O)COc4ccc(F)cc4)ccc32)cc1. The van der Waals surface area contributed by atoms with Gasteiger partial charge >= 0.3 is 5.97 Å². The van der Waals surface area contributed by atoms with Gasteiger partial charge in [0.2, 0.25) is 5.88 Å². The average molecular weight is 463 g/mol. The van der Waals surface area contributed by atoms with Gasteiger partial charge in [-0.25, -0.2) is 9.18 Å². The van der Waals surface area contributed by atoms with Gasteiger partial charge in [-0.1, -0.05) is 18.2 Å². The standard InChI is InChI=1S/C25H19FN2O4S/c1-33-19-9-2-15(3-10-19)24-20-11-8-18(12-22(20)32-25(28)21(24)13-27)31-23(29)14-30-17-6-4-16(26)5-7-17/h2-12,24H,14,28H2,1H3. The van der Waals surface area contributed by atoms with E-state index in [9.17, 15) is 14.4 Å². The van der Waals surface area contributed by atoms with Crippen molar-refractivity contribution in [2.24, 2.45) is 5.73 Å². The molecule has 0 amide bonds. The highest BCUT2D eigenvalue weighted by molar-refractivity contribution is 7.98. The lowest BCUT2D eigenvalue weighted by molar-refractivity contribution is -0.136. The van der Waals surface area contributed by atoms with E-state index in [4.69, 9.17) is 19.9 Å². The van der Waals surface area contributed by atoms with Crippen LogP contribution in [0, 0.1) is 17.1 Å². The van der Waals surface area contributed by atoms with E-state index in [0.717, 1.165) is 16.0 Å². The zero-order valence-electron chi connectivity index (χ0n) is 17.6. The minimum Gasteiger partial charge on any atom is -0.482 e. The molecule has 0 spiro atoms. The van der Waals surface area contributed by atoms with E-state index in [1.165, 1.54) is 24.3 Å². The third-order valence-electron chi connectivity index (χ3n) is 5.04. The van der Waals surface area contributed by atoms with E-state index < -0.39 is 17.7 Å². The van der Waals surface area contributed by atoms with Crippen molar-refractivity contribution >= 4 is 17.7 Å². The molecule has 0 aromatic heterocycles. The molecule has 4 rings (SSSR count). The van der Waals surface area contributed by atoms with Gasteiger partial charge in [0.05, 0.1) is 5.92 Å². The summed E-state index contributed by atoms with van der Waals surface area (Å²) in [5.41, 5.74) is 7.99. The Hall–Kier alpha value is -3.96. The Morgan fingerprint density at radius 2 is 1.82 bits per heavy atom. The maximum atomic E-state index is 13.0. The van der Waals surface area contributed by atoms with Crippen molar-refractivity contribution < 1.29 is 23.4 Å². The smallest absolute Gasteiger partial charge is 0.349 e. The van der Waals surface area contributed by atoms with Crippen LogP contribution < -0.4 is 19.9 Å². The quantitative estimate of drug-likeness (QED) is 0.321. The van der Waals surface area contributed by atoms with E-state index >= 15 is 0 Å². The minimum absolute atomic E-state index is 0.00654. The molecule has 3 aromatic rings. The highest BCUT2D eigenvalue weighted by Gasteiger charge is 2.31. The highest BCUT2D eigenvalue weighted by Crippen LogP contribution is 2.43. The third kappa shape index (κ3) is 4.94. The summed E-state index contributed by atoms with van der Waals surface area (Å²) in [4.78, 5) is 13.3. The van der Waals surface area contributed by atoms with Crippen LogP contribution >= 0.6 is 11.8 Å². The number of nitrogens with two attached hydrogens (primary N) is 1. The first kappa shape index (κ1) is 22.2. The zero-order valence-corrected chi connectivity index (χ0v) is 18.4. The molecule has 0 aliphatic carbocycles. The van der Waals surface area contributed by atoms with Crippen molar-refractivity contribution in [2.45, 2.75) is 10.8 Å². The number of carbonyl (C=O) groups is 1. The summed E-state index contributed by atoms with van der Waals surface area (Å²) >= 11 is 1.63. The van der Waals surface area contributed by atoms with Crippen LogP contribution in [0.5, 0.6) is 17.2 Å². The number of esters is 1. The molecule has 166 valence electrons. The second kappa shape index (κ2) is 9.67. The Morgan fingerprint density at radius 1 is 1.12 bits per heavy atom. The summed E-state index contributed by atoms with van der Waals surface area (Å²) in [7, 11) is 0. The van der Waals surface area contributed by atoms with Gasteiger partial charge in [-0.2, -0.15) is 5.26 Å². The molecular formula is C25H19FN2O4S. The lowest BCUT2D eigenvalue weighted by Crippen LogP contribution is -2.21. The van der Waals surface area contributed by atoms with Crippen LogP contribution in [0.25, 0.3) is 0 Å². The lowest BCUT2D eigenvalue weighted by Gasteiger charge is -2.26. The molecule has 8 heteroatoms. The van der Waals surface area contributed by atoms with E-state index in [-0.39, 0.29) is 18.2 Å². The fourth-order valence-corrected chi connectivity index (χ4v) is 3.88. The second-order valence-corrected chi connectivity index (χ2v) is 7.99. The number of nitriles is 1. The summed E-state index contributed by atoms with van der Waals surface area (Å²) in [6, 6.07) is 20.3. The molecule has 1 atom stereocenters. The molecule has 1 heterocycles. The number of ether oxygens (including phenoxy) is 3. The first-order valence-corrected chi connectivity index (χ1v) is 11.2. The predicted octanol–water partition coefficient (Wildman–Crippen LogP) is 4.75. The number of nitrogens with zero attached hydrogens (tertiary/aromatic N) is 1. The van der Waals surface area contributed by atoms with E-state index in [2.05, 4.69) is 6.07 Å². The van der Waals surface area contributed by atoms with Crippen LogP contribution in [0.3, 0.4) is 0 Å². The number of hydrogen-bond acceptors (Lipinski definition) is 7. The molecule has 1 aliphatic rings. The summed E-state index contributed by atoms with van der Waals surface area (Å²) in [5, 5.41) is 9.69. The average Bonchev–Trinajstić information content (AvgIpc) is 2.83. The van der Waals surface area contributed by atoms with Gasteiger partial charge in [0.25, 0.3) is 0 Å². The number of halogens is 1. The zero-order chi connectivity index (χ0) is 23.4. The van der Waals surface area contributed by atoms with Crippen molar-refractivity contribution in [3.05, 3.63) is 95.1 Å². The molecule has 0 saturated carbocycles. The van der Waals surface area contributed by atoms with Gasteiger partial charge in [0, 0.05) is 16.5 Å². The normalized spacial score (nSPS) is 14.6. The number of carbonyl (C=O) groups excluding carboxylic acids is 1. The number of fused-ring (bicyclic) bond motifs is 1. The second-order valence-electron chi connectivity index (χ2n) is 7.11. The van der Waals surface area contributed by atoms with E-state index in [1.54, 1.807) is 30.0 Å². The van der Waals surface area contributed by atoms with Crippen molar-refractivity contribution in [3.63, 3.8) is 0 Å². The molecule has 1 unspecified atom stereocenters. The predicted molar refractivity (Wildman–Crippen MR) is 121 cm³/mol. The molecule has 0 radical (unpaired) electrons. The number of allylic oxidation sites excluding steroid dienone is 1. The third-order valence-corrected chi connectivity index (χ3v) is 5.79. The first-order valence-electron chi connectivity index (χ1n) is 9.93. The Balaban J connectivity index is 1.53. The van der Waals surface area contributed by atoms with Crippen molar-refractivity contribution in [3.8, 4) is 23.3 Å². The number of benzene rings is 3. The Labute approximate surface area is 194 Å². The topological polar surface area (TPSA) is 94.6 Å². The van der Waals surface area contributed by atoms with Gasteiger partial charge in [-0.15, -0.1) is 11.8 Å². The monoisotopic (exact) mass is 462 g/mol. The lowest BCUT2D eigenvalue weighted by atomic mass is 9.83. The van der Waals surface area contributed by atoms with Gasteiger partial charge in [0.15, 0.2) is 6.61 Å². The van der Waals surface area contributed by atoms with E-state index in [1.807, 2.05) is 30.5 Å². The molecule has 1 aliphatic heterocycles. The first-order chi connectivity index (χ1) is 16.0. The molecular weight excluding hydrogens is 443 g/mol. The molecule has 33 heavy (non-hydrogen) atoms. The molecule has 6 nitrogen and oxygen atoms in total. The van der Waals surface area contributed by atoms with Gasteiger partial charge < -0.3 is 19.9 Å². The number of thioether (sulfide) groups is 1. The Kier molecular flexibility index (Phi) is 6.52. The van der Waals surface area contributed by atoms with Gasteiger partial charge in [-0.3, -0.25) is 0 Å². The van der Waals surface area contributed by atoms with Crippen molar-refractivity contribution in [2.75, 3.05) is 12.9 Å². The van der Waals surface area contributed by atoms with Gasteiger partial charge in [0.1, 0.15) is 34.7 Å². The maximum absolute atomic E-state index is 13.0. The maximum Gasteiger partial charge on any atom is 0.349 e.